The molecule has 2 heterocycles. The van der Waals surface area contributed by atoms with Crippen LogP contribution in [0, 0.1) is 0 Å². The van der Waals surface area contributed by atoms with E-state index < -0.39 is 0 Å². The lowest BCUT2D eigenvalue weighted by Crippen LogP contribution is -1.92. The highest BCUT2D eigenvalue weighted by atomic mass is 35.5. The van der Waals surface area contributed by atoms with Gasteiger partial charge in [-0.2, -0.15) is 0 Å². The van der Waals surface area contributed by atoms with E-state index in [-0.39, 0.29) is 6.79 Å². The molecule has 122 valence electrons. The number of ether oxygens (including phenoxy) is 2. The number of aromatic nitrogens is 2. The molecule has 0 saturated heterocycles. The summed E-state index contributed by atoms with van der Waals surface area (Å²) >= 11 is 13.4. The van der Waals surface area contributed by atoms with Gasteiger partial charge in [-0.15, -0.1) is 10.2 Å². The molecule has 0 saturated carbocycles. The SMILES string of the molecule is Clc1ccc(CSc2nnc(-c3ccc4c(c3)OCO4)o2)cc1Cl. The number of benzene rings is 2. The summed E-state index contributed by atoms with van der Waals surface area (Å²) in [5.74, 6) is 2.48. The highest BCUT2D eigenvalue weighted by molar-refractivity contribution is 7.98. The number of halogens is 2. The lowest BCUT2D eigenvalue weighted by atomic mass is 10.2. The summed E-state index contributed by atoms with van der Waals surface area (Å²) in [7, 11) is 0. The molecule has 8 heteroatoms. The van der Waals surface area contributed by atoms with Crippen LogP contribution < -0.4 is 9.47 Å². The summed E-state index contributed by atoms with van der Waals surface area (Å²) in [5, 5.41) is 9.68. The smallest absolute Gasteiger partial charge is 0.277 e. The van der Waals surface area contributed by atoms with Crippen molar-refractivity contribution < 1.29 is 13.9 Å². The van der Waals surface area contributed by atoms with Crippen LogP contribution in [0.2, 0.25) is 10.0 Å². The molecule has 0 N–H and O–H groups in total. The topological polar surface area (TPSA) is 57.4 Å². The molecule has 1 aliphatic heterocycles. The molecule has 1 aromatic heterocycles. The summed E-state index contributed by atoms with van der Waals surface area (Å²) in [6.45, 7) is 0.230. The highest BCUT2D eigenvalue weighted by Crippen LogP contribution is 2.36. The fourth-order valence-electron chi connectivity index (χ4n) is 2.19. The van der Waals surface area contributed by atoms with Crippen LogP contribution in [0.3, 0.4) is 0 Å². The predicted octanol–water partition coefficient (Wildman–Crippen LogP) is 5.06. The summed E-state index contributed by atoms with van der Waals surface area (Å²) in [4.78, 5) is 0. The van der Waals surface area contributed by atoms with Gasteiger partial charge < -0.3 is 13.9 Å². The maximum atomic E-state index is 6.01. The van der Waals surface area contributed by atoms with Crippen LogP contribution in [0.15, 0.2) is 46.0 Å². The summed E-state index contributed by atoms with van der Waals surface area (Å²) < 4.78 is 16.3. The normalized spacial score (nSPS) is 12.6. The van der Waals surface area contributed by atoms with Crippen LogP contribution in [0.1, 0.15) is 5.56 Å². The van der Waals surface area contributed by atoms with E-state index >= 15 is 0 Å². The number of fused-ring (bicyclic) bond motifs is 1. The first kappa shape index (κ1) is 15.6. The van der Waals surface area contributed by atoms with Crippen LogP contribution in [0.25, 0.3) is 11.5 Å². The molecule has 0 radical (unpaired) electrons. The van der Waals surface area contributed by atoms with Gasteiger partial charge in [0.2, 0.25) is 12.7 Å². The van der Waals surface area contributed by atoms with Gasteiger partial charge in [0.25, 0.3) is 5.22 Å². The summed E-state index contributed by atoms with van der Waals surface area (Å²) in [6.07, 6.45) is 0. The van der Waals surface area contributed by atoms with Crippen molar-refractivity contribution in [2.24, 2.45) is 0 Å². The van der Waals surface area contributed by atoms with E-state index in [0.717, 1.165) is 11.1 Å². The van der Waals surface area contributed by atoms with E-state index in [1.54, 1.807) is 6.07 Å². The Labute approximate surface area is 151 Å². The molecule has 0 amide bonds. The van der Waals surface area contributed by atoms with Gasteiger partial charge in [0.1, 0.15) is 0 Å². The third kappa shape index (κ3) is 3.17. The monoisotopic (exact) mass is 380 g/mol. The Balaban J connectivity index is 1.47. The Morgan fingerprint density at radius 3 is 2.71 bits per heavy atom. The third-order valence-electron chi connectivity index (χ3n) is 3.37. The van der Waals surface area contributed by atoms with Gasteiger partial charge in [-0.1, -0.05) is 41.0 Å². The summed E-state index contributed by atoms with van der Waals surface area (Å²) in [6, 6.07) is 11.0. The van der Waals surface area contributed by atoms with E-state index in [1.165, 1.54) is 11.8 Å². The zero-order valence-corrected chi connectivity index (χ0v) is 14.5. The van der Waals surface area contributed by atoms with Crippen molar-refractivity contribution >= 4 is 35.0 Å². The minimum absolute atomic E-state index is 0.230. The molecule has 0 atom stereocenters. The molecule has 1 aliphatic rings. The van der Waals surface area contributed by atoms with Crippen molar-refractivity contribution in [3.05, 3.63) is 52.0 Å². The van der Waals surface area contributed by atoms with Gasteiger partial charge in [-0.05, 0) is 35.9 Å². The first-order valence-corrected chi connectivity index (χ1v) is 8.73. The second-order valence-electron chi connectivity index (χ2n) is 4.98. The van der Waals surface area contributed by atoms with E-state index in [2.05, 4.69) is 10.2 Å². The van der Waals surface area contributed by atoms with Crippen LogP contribution in [0.5, 0.6) is 11.5 Å². The average molecular weight is 381 g/mol. The Bertz CT molecular complexity index is 901. The molecule has 3 aromatic rings. The number of nitrogens with zero attached hydrogens (tertiary/aromatic N) is 2. The Morgan fingerprint density at radius 2 is 1.83 bits per heavy atom. The van der Waals surface area contributed by atoms with E-state index in [9.17, 15) is 0 Å². The molecule has 4 rings (SSSR count). The van der Waals surface area contributed by atoms with Crippen molar-refractivity contribution in [1.29, 1.82) is 0 Å². The second kappa shape index (κ2) is 6.55. The molecule has 0 aliphatic carbocycles. The molecular weight excluding hydrogens is 371 g/mol. The van der Waals surface area contributed by atoms with Crippen LogP contribution in [0.4, 0.5) is 0 Å². The Hall–Kier alpha value is -1.89. The first-order valence-electron chi connectivity index (χ1n) is 6.99. The minimum atomic E-state index is 0.230. The lowest BCUT2D eigenvalue weighted by molar-refractivity contribution is 0.174. The minimum Gasteiger partial charge on any atom is -0.454 e. The second-order valence-corrected chi connectivity index (χ2v) is 6.72. The first-order chi connectivity index (χ1) is 11.7. The number of hydrogen-bond donors (Lipinski definition) is 0. The lowest BCUT2D eigenvalue weighted by Gasteiger charge is -2.01. The number of hydrogen-bond acceptors (Lipinski definition) is 6. The summed E-state index contributed by atoms with van der Waals surface area (Å²) in [5.41, 5.74) is 1.81. The third-order valence-corrected chi connectivity index (χ3v) is 5.00. The molecule has 5 nitrogen and oxygen atoms in total. The number of thioether (sulfide) groups is 1. The van der Waals surface area contributed by atoms with Crippen molar-refractivity contribution in [1.82, 2.24) is 10.2 Å². The van der Waals surface area contributed by atoms with E-state index in [4.69, 9.17) is 37.1 Å². The molecular formula is C16H10Cl2N2O3S. The van der Waals surface area contributed by atoms with Crippen molar-refractivity contribution in [2.75, 3.05) is 6.79 Å². The van der Waals surface area contributed by atoms with Gasteiger partial charge in [0, 0.05) is 11.3 Å². The van der Waals surface area contributed by atoms with Crippen LogP contribution >= 0.6 is 35.0 Å². The number of rotatable bonds is 4. The maximum Gasteiger partial charge on any atom is 0.277 e. The van der Waals surface area contributed by atoms with Gasteiger partial charge >= 0.3 is 0 Å². The Kier molecular flexibility index (Phi) is 4.26. The molecule has 24 heavy (non-hydrogen) atoms. The Morgan fingerprint density at radius 1 is 0.958 bits per heavy atom. The zero-order chi connectivity index (χ0) is 16.5. The fraction of sp³-hybridized carbons (Fsp3) is 0.125. The molecule has 0 bridgehead atoms. The maximum absolute atomic E-state index is 6.01. The quantitative estimate of drug-likeness (QED) is 0.589. The van der Waals surface area contributed by atoms with Crippen LogP contribution in [-0.2, 0) is 5.75 Å². The predicted molar refractivity (Wildman–Crippen MR) is 91.9 cm³/mol. The van der Waals surface area contributed by atoms with Crippen molar-refractivity contribution in [3.8, 4) is 23.0 Å². The standard InChI is InChI=1S/C16H10Cl2N2O3S/c17-11-3-1-9(5-12(11)18)7-24-16-20-19-15(23-16)10-2-4-13-14(6-10)22-8-21-13/h1-6H,7-8H2. The van der Waals surface area contributed by atoms with Crippen molar-refractivity contribution in [2.45, 2.75) is 11.0 Å². The highest BCUT2D eigenvalue weighted by Gasteiger charge is 2.16. The fourth-order valence-corrected chi connectivity index (χ4v) is 3.22. The van der Waals surface area contributed by atoms with Gasteiger partial charge in [-0.25, -0.2) is 0 Å². The molecule has 0 unspecified atom stereocenters. The van der Waals surface area contributed by atoms with Gasteiger partial charge in [-0.3, -0.25) is 0 Å². The average Bonchev–Trinajstić information content (AvgIpc) is 3.24. The largest absolute Gasteiger partial charge is 0.454 e. The zero-order valence-electron chi connectivity index (χ0n) is 12.2. The van der Waals surface area contributed by atoms with Crippen LogP contribution in [-0.4, -0.2) is 17.0 Å². The van der Waals surface area contributed by atoms with Gasteiger partial charge in [0.05, 0.1) is 10.0 Å². The molecule has 2 aromatic carbocycles. The molecule has 0 spiro atoms. The van der Waals surface area contributed by atoms with E-state index in [1.807, 2.05) is 30.3 Å². The van der Waals surface area contributed by atoms with E-state index in [0.29, 0.717) is 38.4 Å². The van der Waals surface area contributed by atoms with Gasteiger partial charge in [0.15, 0.2) is 11.5 Å². The molecule has 0 fully saturated rings. The van der Waals surface area contributed by atoms with Crippen molar-refractivity contribution in [3.63, 3.8) is 0 Å².